The number of allylic oxidation sites excluding steroid dienone is 5. The number of hydrogen-bond donors (Lipinski definition) is 4. The van der Waals surface area contributed by atoms with Gasteiger partial charge in [0, 0.05) is 11.1 Å². The van der Waals surface area contributed by atoms with E-state index in [-0.39, 0.29) is 29.1 Å². The van der Waals surface area contributed by atoms with Gasteiger partial charge in [0.05, 0.1) is 5.56 Å². The van der Waals surface area contributed by atoms with Crippen LogP contribution in [0.25, 0.3) is 6.08 Å². The van der Waals surface area contributed by atoms with E-state index < -0.39 is 17.2 Å². The average molecular weight is 408 g/mol. The van der Waals surface area contributed by atoms with Crippen LogP contribution in [0.2, 0.25) is 0 Å². The molecular formula is C25H28O5. The highest BCUT2D eigenvalue weighted by molar-refractivity contribution is 6.07. The van der Waals surface area contributed by atoms with Crippen molar-refractivity contribution < 1.29 is 25.2 Å². The summed E-state index contributed by atoms with van der Waals surface area (Å²) in [6.07, 6.45) is 8.30. The first-order chi connectivity index (χ1) is 14.2. The van der Waals surface area contributed by atoms with Crippen LogP contribution < -0.4 is 0 Å². The van der Waals surface area contributed by atoms with Crippen LogP contribution in [0.15, 0.2) is 59.7 Å². The third kappa shape index (κ3) is 5.77. The molecule has 0 bridgehead atoms. The van der Waals surface area contributed by atoms with E-state index in [1.807, 2.05) is 26.8 Å². The third-order valence-electron chi connectivity index (χ3n) is 4.74. The quantitative estimate of drug-likeness (QED) is 0.149. The van der Waals surface area contributed by atoms with Crippen LogP contribution in [0.5, 0.6) is 23.0 Å². The monoisotopic (exact) mass is 408 g/mol. The molecule has 0 atom stereocenters. The molecule has 30 heavy (non-hydrogen) atoms. The number of ketones is 1. The Kier molecular flexibility index (Phi) is 7.87. The van der Waals surface area contributed by atoms with Crippen molar-refractivity contribution in [1.82, 2.24) is 0 Å². The van der Waals surface area contributed by atoms with Crippen LogP contribution in [0, 0.1) is 0 Å². The van der Waals surface area contributed by atoms with Gasteiger partial charge in [-0.15, -0.1) is 0 Å². The number of carbonyl (C=O) groups is 1. The number of carbonyl (C=O) groups excluding carboxylic acids is 1. The molecule has 0 aliphatic carbocycles. The van der Waals surface area contributed by atoms with E-state index in [0.717, 1.165) is 18.4 Å². The number of benzene rings is 2. The molecule has 0 aliphatic rings. The van der Waals surface area contributed by atoms with Crippen molar-refractivity contribution in [3.8, 4) is 23.0 Å². The Hall–Kier alpha value is -3.47. The van der Waals surface area contributed by atoms with E-state index in [9.17, 15) is 25.2 Å². The Labute approximate surface area is 177 Å². The largest absolute Gasteiger partial charge is 0.507 e. The molecule has 0 amide bonds. The van der Waals surface area contributed by atoms with Gasteiger partial charge in [-0.3, -0.25) is 4.79 Å². The molecule has 0 radical (unpaired) electrons. The normalized spacial score (nSPS) is 11.6. The average Bonchev–Trinajstić information content (AvgIpc) is 2.72. The second-order valence-electron chi connectivity index (χ2n) is 7.43. The van der Waals surface area contributed by atoms with Crippen LogP contribution in [0.1, 0.15) is 55.1 Å². The molecule has 2 rings (SSSR count). The molecule has 2 aromatic carbocycles. The number of rotatable bonds is 8. The molecule has 0 heterocycles. The maximum Gasteiger partial charge on any atom is 0.201 e. The maximum atomic E-state index is 12.3. The molecule has 2 aromatic rings. The highest BCUT2D eigenvalue weighted by Crippen LogP contribution is 2.47. The number of hydrogen-bond acceptors (Lipinski definition) is 5. The first-order valence-corrected chi connectivity index (χ1v) is 9.77. The molecule has 0 aliphatic heterocycles. The molecule has 0 saturated carbocycles. The molecule has 0 aromatic heterocycles. The topological polar surface area (TPSA) is 98.0 Å². The summed E-state index contributed by atoms with van der Waals surface area (Å²) in [5, 5.41) is 41.0. The van der Waals surface area contributed by atoms with Crippen molar-refractivity contribution in [3.05, 3.63) is 76.4 Å². The van der Waals surface area contributed by atoms with E-state index in [4.69, 9.17) is 0 Å². The van der Waals surface area contributed by atoms with Gasteiger partial charge >= 0.3 is 0 Å². The molecule has 0 unspecified atom stereocenters. The minimum absolute atomic E-state index is 0.0821. The van der Waals surface area contributed by atoms with Crippen LogP contribution >= 0.6 is 0 Å². The lowest BCUT2D eigenvalue weighted by atomic mass is 9.99. The molecule has 0 fully saturated rings. The fourth-order valence-corrected chi connectivity index (χ4v) is 2.95. The summed E-state index contributed by atoms with van der Waals surface area (Å²) in [6, 6.07) is 8.54. The van der Waals surface area contributed by atoms with Gasteiger partial charge in [0.25, 0.3) is 0 Å². The predicted molar refractivity (Wildman–Crippen MR) is 119 cm³/mol. The van der Waals surface area contributed by atoms with Crippen molar-refractivity contribution in [2.75, 3.05) is 0 Å². The van der Waals surface area contributed by atoms with E-state index in [1.165, 1.54) is 17.7 Å². The second-order valence-corrected chi connectivity index (χ2v) is 7.43. The fraction of sp³-hybridized carbons (Fsp3) is 0.240. The van der Waals surface area contributed by atoms with E-state index >= 15 is 0 Å². The molecule has 0 saturated heterocycles. The summed E-state index contributed by atoms with van der Waals surface area (Å²) < 4.78 is 0. The molecule has 5 heteroatoms. The van der Waals surface area contributed by atoms with Crippen LogP contribution in [-0.4, -0.2) is 26.2 Å². The fourth-order valence-electron chi connectivity index (χ4n) is 2.95. The molecule has 158 valence electrons. The number of phenols is 4. The zero-order valence-electron chi connectivity index (χ0n) is 17.5. The first kappa shape index (κ1) is 22.8. The molecule has 5 nitrogen and oxygen atoms in total. The smallest absolute Gasteiger partial charge is 0.201 e. The Balaban J connectivity index is 2.30. The highest BCUT2D eigenvalue weighted by atomic mass is 16.3. The summed E-state index contributed by atoms with van der Waals surface area (Å²) in [5.74, 6) is -2.70. The Morgan fingerprint density at radius 2 is 1.53 bits per heavy atom. The van der Waals surface area contributed by atoms with Crippen LogP contribution in [-0.2, 0) is 6.42 Å². The van der Waals surface area contributed by atoms with Crippen LogP contribution in [0.3, 0.4) is 0 Å². The Morgan fingerprint density at radius 3 is 2.17 bits per heavy atom. The van der Waals surface area contributed by atoms with E-state index in [1.54, 1.807) is 30.3 Å². The Morgan fingerprint density at radius 1 is 0.867 bits per heavy atom. The van der Waals surface area contributed by atoms with Gasteiger partial charge in [0.15, 0.2) is 17.3 Å². The Bertz CT molecular complexity index is 994. The number of phenolic OH excluding ortho intramolecular Hbond substituents is 4. The van der Waals surface area contributed by atoms with Crippen molar-refractivity contribution in [2.24, 2.45) is 0 Å². The zero-order valence-corrected chi connectivity index (χ0v) is 17.5. The van der Waals surface area contributed by atoms with Gasteiger partial charge in [-0.2, -0.15) is 0 Å². The summed E-state index contributed by atoms with van der Waals surface area (Å²) in [5.41, 5.74) is 2.71. The maximum absolute atomic E-state index is 12.3. The van der Waals surface area contributed by atoms with Gasteiger partial charge in [0.1, 0.15) is 5.75 Å². The van der Waals surface area contributed by atoms with Gasteiger partial charge in [-0.1, -0.05) is 53.6 Å². The van der Waals surface area contributed by atoms with Crippen LogP contribution in [0.4, 0.5) is 0 Å². The van der Waals surface area contributed by atoms with Gasteiger partial charge in [0.2, 0.25) is 5.75 Å². The highest BCUT2D eigenvalue weighted by Gasteiger charge is 2.21. The lowest BCUT2D eigenvalue weighted by molar-refractivity contribution is 0.104. The van der Waals surface area contributed by atoms with Crippen molar-refractivity contribution in [2.45, 2.75) is 40.0 Å². The predicted octanol–water partition coefficient (Wildman–Crippen LogP) is 5.64. The second kappa shape index (κ2) is 10.3. The summed E-state index contributed by atoms with van der Waals surface area (Å²) in [4.78, 5) is 12.3. The summed E-state index contributed by atoms with van der Waals surface area (Å²) in [7, 11) is 0. The van der Waals surface area contributed by atoms with Gasteiger partial charge in [-0.25, -0.2) is 0 Å². The minimum Gasteiger partial charge on any atom is -0.507 e. The zero-order chi connectivity index (χ0) is 22.3. The molecule has 4 N–H and O–H groups in total. The van der Waals surface area contributed by atoms with Gasteiger partial charge < -0.3 is 20.4 Å². The number of aromatic hydroxyl groups is 4. The van der Waals surface area contributed by atoms with Crippen molar-refractivity contribution >= 4 is 11.9 Å². The molecular weight excluding hydrogens is 380 g/mol. The molecule has 0 spiro atoms. The van der Waals surface area contributed by atoms with E-state index in [0.29, 0.717) is 5.56 Å². The summed E-state index contributed by atoms with van der Waals surface area (Å²) >= 11 is 0. The van der Waals surface area contributed by atoms with Crippen molar-refractivity contribution in [1.29, 1.82) is 0 Å². The lowest BCUT2D eigenvalue weighted by Gasteiger charge is -2.13. The lowest BCUT2D eigenvalue weighted by Crippen LogP contribution is -1.94. The van der Waals surface area contributed by atoms with Crippen molar-refractivity contribution in [3.63, 3.8) is 0 Å². The van der Waals surface area contributed by atoms with Gasteiger partial charge in [-0.05, 0) is 52.2 Å². The third-order valence-corrected chi connectivity index (χ3v) is 4.74. The van der Waals surface area contributed by atoms with E-state index in [2.05, 4.69) is 6.08 Å². The summed E-state index contributed by atoms with van der Waals surface area (Å²) in [6.45, 7) is 6.02. The standard InChI is InChI=1S/C25H28O5/c1-16(2)8-7-9-17(3)12-13-19-22(27)20(24(29)25(30)23(19)28)14-15-21(26)18-10-5-4-6-11-18/h4-6,8,10-12,14-15,27-30H,7,9,13H2,1-3H3/b15-14?,17-12+. The first-order valence-electron chi connectivity index (χ1n) is 9.77. The SMILES string of the molecule is CC(C)=CCC/C(C)=C/Cc1c(O)c(O)c(O)c(C=CC(=O)c2ccccc2)c1O. The minimum atomic E-state index is -0.731.